The summed E-state index contributed by atoms with van der Waals surface area (Å²) < 4.78 is 1.23. The molecule has 0 saturated heterocycles. The SMILES string of the molecule is CC(C)N(Cc1ccccc1)C(=O)CCn1[nH]c(=O)c2ccccc2c1=O. The molecule has 140 valence electrons. The van der Waals surface area contributed by atoms with Crippen LogP contribution in [0.25, 0.3) is 10.8 Å². The molecular formula is C21H23N3O3. The summed E-state index contributed by atoms with van der Waals surface area (Å²) in [7, 11) is 0. The van der Waals surface area contributed by atoms with E-state index in [4.69, 9.17) is 0 Å². The molecule has 6 heteroatoms. The lowest BCUT2D eigenvalue weighted by molar-refractivity contribution is -0.133. The summed E-state index contributed by atoms with van der Waals surface area (Å²) in [6, 6.07) is 16.5. The van der Waals surface area contributed by atoms with Gasteiger partial charge in [0.2, 0.25) is 5.91 Å². The fourth-order valence-corrected chi connectivity index (χ4v) is 3.09. The van der Waals surface area contributed by atoms with Crippen molar-refractivity contribution in [3.05, 3.63) is 80.9 Å². The van der Waals surface area contributed by atoms with Crippen LogP contribution in [-0.4, -0.2) is 26.6 Å². The Morgan fingerprint density at radius 3 is 2.30 bits per heavy atom. The summed E-state index contributed by atoms with van der Waals surface area (Å²) in [5.41, 5.74) is 0.427. The number of aromatic nitrogens is 2. The second-order valence-electron chi connectivity index (χ2n) is 6.79. The standard InChI is InChI=1S/C21H23N3O3/c1-15(2)23(14-16-8-4-3-5-9-16)19(25)12-13-24-21(27)18-11-7-6-10-17(18)20(26)22-24/h3-11,15H,12-14H2,1-2H3,(H,22,26). The molecule has 0 aliphatic heterocycles. The second kappa shape index (κ2) is 8.03. The third kappa shape index (κ3) is 4.16. The first-order chi connectivity index (χ1) is 13.0. The van der Waals surface area contributed by atoms with Gasteiger partial charge in [-0.2, -0.15) is 0 Å². The predicted octanol–water partition coefficient (Wildman–Crippen LogP) is 2.52. The van der Waals surface area contributed by atoms with E-state index in [1.54, 1.807) is 29.2 Å². The van der Waals surface area contributed by atoms with Gasteiger partial charge in [-0.05, 0) is 31.5 Å². The van der Waals surface area contributed by atoms with Crippen LogP contribution in [0.4, 0.5) is 0 Å². The van der Waals surface area contributed by atoms with Crippen molar-refractivity contribution in [2.24, 2.45) is 0 Å². The summed E-state index contributed by atoms with van der Waals surface area (Å²) in [4.78, 5) is 39.2. The number of nitrogens with one attached hydrogen (secondary N) is 1. The van der Waals surface area contributed by atoms with Gasteiger partial charge in [0.05, 0.1) is 17.3 Å². The Morgan fingerprint density at radius 1 is 1.00 bits per heavy atom. The Bertz CT molecular complexity index is 1050. The van der Waals surface area contributed by atoms with Gasteiger partial charge < -0.3 is 4.90 Å². The highest BCUT2D eigenvalue weighted by molar-refractivity contribution is 5.80. The van der Waals surface area contributed by atoms with Crippen LogP contribution in [0.1, 0.15) is 25.8 Å². The van der Waals surface area contributed by atoms with Crippen LogP contribution >= 0.6 is 0 Å². The Labute approximate surface area is 157 Å². The number of benzene rings is 2. The molecule has 1 heterocycles. The lowest BCUT2D eigenvalue weighted by atomic mass is 10.1. The maximum atomic E-state index is 12.7. The topological polar surface area (TPSA) is 75.2 Å². The molecular weight excluding hydrogens is 342 g/mol. The maximum Gasteiger partial charge on any atom is 0.273 e. The van der Waals surface area contributed by atoms with E-state index in [-0.39, 0.29) is 36.0 Å². The van der Waals surface area contributed by atoms with Crippen LogP contribution in [0, 0.1) is 0 Å². The van der Waals surface area contributed by atoms with Crippen molar-refractivity contribution in [1.29, 1.82) is 0 Å². The van der Waals surface area contributed by atoms with Crippen LogP contribution in [-0.2, 0) is 17.9 Å². The number of nitrogens with zero attached hydrogens (tertiary/aromatic N) is 2. The van der Waals surface area contributed by atoms with Crippen LogP contribution in [0.5, 0.6) is 0 Å². The molecule has 0 bridgehead atoms. The molecule has 3 rings (SSSR count). The van der Waals surface area contributed by atoms with Crippen LogP contribution in [0.3, 0.4) is 0 Å². The summed E-state index contributed by atoms with van der Waals surface area (Å²) >= 11 is 0. The molecule has 1 N–H and O–H groups in total. The van der Waals surface area contributed by atoms with Gasteiger partial charge in [0, 0.05) is 19.0 Å². The van der Waals surface area contributed by atoms with E-state index in [9.17, 15) is 14.4 Å². The quantitative estimate of drug-likeness (QED) is 0.729. The van der Waals surface area contributed by atoms with Gasteiger partial charge in [-0.15, -0.1) is 0 Å². The van der Waals surface area contributed by atoms with E-state index in [0.717, 1.165) is 5.56 Å². The van der Waals surface area contributed by atoms with E-state index in [2.05, 4.69) is 5.10 Å². The molecule has 0 unspecified atom stereocenters. The molecule has 1 amide bonds. The Hall–Kier alpha value is -3.15. The molecule has 0 aliphatic carbocycles. The molecule has 0 aliphatic rings. The van der Waals surface area contributed by atoms with Crippen molar-refractivity contribution in [2.45, 2.75) is 39.4 Å². The smallest absolute Gasteiger partial charge is 0.273 e. The predicted molar refractivity (Wildman–Crippen MR) is 106 cm³/mol. The van der Waals surface area contributed by atoms with Crippen molar-refractivity contribution in [2.75, 3.05) is 0 Å². The average molecular weight is 365 g/mol. The number of aryl methyl sites for hydroxylation is 1. The average Bonchev–Trinajstić information content (AvgIpc) is 2.68. The van der Waals surface area contributed by atoms with Gasteiger partial charge in [-0.1, -0.05) is 42.5 Å². The summed E-state index contributed by atoms with van der Waals surface area (Å²) in [6.45, 7) is 4.58. The minimum absolute atomic E-state index is 0.0325. The zero-order valence-electron chi connectivity index (χ0n) is 15.5. The molecule has 0 atom stereocenters. The lowest BCUT2D eigenvalue weighted by Crippen LogP contribution is -2.38. The third-order valence-corrected chi connectivity index (χ3v) is 4.57. The first kappa shape index (κ1) is 18.6. The van der Waals surface area contributed by atoms with Crippen molar-refractivity contribution in [3.63, 3.8) is 0 Å². The number of amides is 1. The summed E-state index contributed by atoms with van der Waals surface area (Å²) in [6.07, 6.45) is 0.138. The zero-order chi connectivity index (χ0) is 19.4. The van der Waals surface area contributed by atoms with E-state index < -0.39 is 0 Å². The monoisotopic (exact) mass is 365 g/mol. The fraction of sp³-hybridized carbons (Fsp3) is 0.286. The normalized spacial score (nSPS) is 11.1. The number of aromatic amines is 1. The number of rotatable bonds is 6. The molecule has 0 radical (unpaired) electrons. The number of hydrogen-bond donors (Lipinski definition) is 1. The highest BCUT2D eigenvalue weighted by Gasteiger charge is 2.18. The summed E-state index contributed by atoms with van der Waals surface area (Å²) in [5, 5.41) is 3.29. The molecule has 1 aromatic heterocycles. The van der Waals surface area contributed by atoms with E-state index in [0.29, 0.717) is 17.3 Å². The lowest BCUT2D eigenvalue weighted by Gasteiger charge is -2.27. The van der Waals surface area contributed by atoms with Crippen LogP contribution in [0.2, 0.25) is 0 Å². The zero-order valence-corrected chi connectivity index (χ0v) is 15.5. The number of H-pyrrole nitrogens is 1. The Kier molecular flexibility index (Phi) is 5.54. The first-order valence-electron chi connectivity index (χ1n) is 9.02. The molecule has 0 spiro atoms. The number of hydrogen-bond acceptors (Lipinski definition) is 3. The van der Waals surface area contributed by atoms with Crippen molar-refractivity contribution >= 4 is 16.7 Å². The van der Waals surface area contributed by atoms with Crippen LogP contribution in [0.15, 0.2) is 64.2 Å². The molecule has 2 aromatic carbocycles. The largest absolute Gasteiger partial charge is 0.336 e. The van der Waals surface area contributed by atoms with Crippen molar-refractivity contribution in [3.8, 4) is 0 Å². The fourth-order valence-electron chi connectivity index (χ4n) is 3.09. The molecule has 0 fully saturated rings. The van der Waals surface area contributed by atoms with Gasteiger partial charge in [0.15, 0.2) is 0 Å². The summed E-state index contributed by atoms with van der Waals surface area (Å²) in [5.74, 6) is -0.0604. The highest BCUT2D eigenvalue weighted by Crippen LogP contribution is 2.10. The minimum Gasteiger partial charge on any atom is -0.336 e. The van der Waals surface area contributed by atoms with Gasteiger partial charge in [0.1, 0.15) is 0 Å². The van der Waals surface area contributed by atoms with E-state index in [1.807, 2.05) is 44.2 Å². The second-order valence-corrected chi connectivity index (χ2v) is 6.79. The Balaban J connectivity index is 1.78. The molecule has 6 nitrogen and oxygen atoms in total. The van der Waals surface area contributed by atoms with Crippen LogP contribution < -0.4 is 11.1 Å². The molecule has 0 saturated carbocycles. The van der Waals surface area contributed by atoms with E-state index in [1.165, 1.54) is 4.68 Å². The van der Waals surface area contributed by atoms with Gasteiger partial charge in [-0.25, -0.2) is 4.68 Å². The number of carbonyl (C=O) groups excluding carboxylic acids is 1. The molecule has 27 heavy (non-hydrogen) atoms. The van der Waals surface area contributed by atoms with Crippen molar-refractivity contribution in [1.82, 2.24) is 14.7 Å². The molecule has 3 aromatic rings. The Morgan fingerprint density at radius 2 is 1.63 bits per heavy atom. The first-order valence-corrected chi connectivity index (χ1v) is 9.02. The maximum absolute atomic E-state index is 12.7. The van der Waals surface area contributed by atoms with Gasteiger partial charge in [0.25, 0.3) is 11.1 Å². The number of carbonyl (C=O) groups is 1. The highest BCUT2D eigenvalue weighted by atomic mass is 16.2. The third-order valence-electron chi connectivity index (χ3n) is 4.57. The van der Waals surface area contributed by atoms with Crippen molar-refractivity contribution < 1.29 is 4.79 Å². The van der Waals surface area contributed by atoms with Gasteiger partial charge >= 0.3 is 0 Å². The number of fused-ring (bicyclic) bond motifs is 1. The van der Waals surface area contributed by atoms with E-state index >= 15 is 0 Å². The minimum atomic E-state index is -0.331. The van der Waals surface area contributed by atoms with Gasteiger partial charge in [-0.3, -0.25) is 19.5 Å².